The van der Waals surface area contributed by atoms with Crippen LogP contribution < -0.4 is 10.5 Å². The van der Waals surface area contributed by atoms with E-state index in [-0.39, 0.29) is 11.8 Å². The molecule has 3 N–H and O–H groups in total. The van der Waals surface area contributed by atoms with Crippen LogP contribution in [0.2, 0.25) is 0 Å². The third kappa shape index (κ3) is 1.12. The molecule has 0 aromatic heterocycles. The molecule has 1 heterocycles. The first-order valence-electron chi connectivity index (χ1n) is 3.98. The lowest BCUT2D eigenvalue weighted by Crippen LogP contribution is -2.20. The van der Waals surface area contributed by atoms with E-state index in [1.54, 1.807) is 18.2 Å². The van der Waals surface area contributed by atoms with Gasteiger partial charge >= 0.3 is 0 Å². The summed E-state index contributed by atoms with van der Waals surface area (Å²) in [6.07, 6.45) is 0.816. The first-order valence-corrected chi connectivity index (χ1v) is 3.98. The van der Waals surface area contributed by atoms with E-state index in [2.05, 4.69) is 0 Å². The number of phenols is 1. The Bertz CT molecular complexity index is 299. The molecule has 0 amide bonds. The van der Waals surface area contributed by atoms with Crippen molar-refractivity contribution in [3.8, 4) is 11.5 Å². The van der Waals surface area contributed by atoms with Crippen LogP contribution in [-0.4, -0.2) is 11.7 Å². The van der Waals surface area contributed by atoms with E-state index in [0.717, 1.165) is 17.7 Å². The summed E-state index contributed by atoms with van der Waals surface area (Å²) in [5.41, 5.74) is 6.73. The van der Waals surface area contributed by atoms with E-state index in [4.69, 9.17) is 10.5 Å². The Labute approximate surface area is 70.8 Å². The lowest BCUT2D eigenvalue weighted by atomic mass is 10.0. The molecule has 0 saturated heterocycles. The Balaban J connectivity index is 2.47. The van der Waals surface area contributed by atoms with Crippen LogP contribution in [0.3, 0.4) is 0 Å². The molecule has 0 radical (unpaired) electrons. The van der Waals surface area contributed by atoms with Crippen molar-refractivity contribution in [1.82, 2.24) is 0 Å². The molecule has 2 rings (SSSR count). The highest BCUT2D eigenvalue weighted by Gasteiger charge is 2.17. The van der Waals surface area contributed by atoms with E-state index >= 15 is 0 Å². The van der Waals surface area contributed by atoms with Gasteiger partial charge < -0.3 is 15.6 Å². The molecule has 0 unspecified atom stereocenters. The molecule has 1 aromatic rings. The van der Waals surface area contributed by atoms with Gasteiger partial charge in [0.25, 0.3) is 0 Å². The third-order valence-electron chi connectivity index (χ3n) is 2.08. The standard InChI is InChI=1S/C9H11NO2/c10-8-3-4-12-9-2-1-6(11)5-7(8)9/h1-2,5,8,11H,3-4,10H2/t8-/m0/s1. The molecule has 0 bridgehead atoms. The number of hydrogen-bond donors (Lipinski definition) is 2. The van der Waals surface area contributed by atoms with Crippen molar-refractivity contribution in [2.45, 2.75) is 12.5 Å². The predicted octanol–water partition coefficient (Wildman–Crippen LogP) is 1.17. The quantitative estimate of drug-likeness (QED) is 0.606. The van der Waals surface area contributed by atoms with Crippen LogP contribution in [0, 0.1) is 0 Å². The fraction of sp³-hybridized carbons (Fsp3) is 0.333. The summed E-state index contributed by atoms with van der Waals surface area (Å²) in [6, 6.07) is 5.03. The van der Waals surface area contributed by atoms with Gasteiger partial charge in [-0.15, -0.1) is 0 Å². The molecular formula is C9H11NO2. The molecule has 0 aliphatic carbocycles. The molecule has 1 aliphatic heterocycles. The minimum atomic E-state index is 0.000787. The van der Waals surface area contributed by atoms with Gasteiger partial charge in [-0.25, -0.2) is 0 Å². The molecule has 0 spiro atoms. The van der Waals surface area contributed by atoms with Crippen molar-refractivity contribution in [3.05, 3.63) is 23.8 Å². The predicted molar refractivity (Wildman–Crippen MR) is 45.1 cm³/mol. The van der Waals surface area contributed by atoms with Crippen molar-refractivity contribution in [1.29, 1.82) is 0 Å². The lowest BCUT2D eigenvalue weighted by molar-refractivity contribution is 0.268. The van der Waals surface area contributed by atoms with Crippen LogP contribution in [0.15, 0.2) is 18.2 Å². The van der Waals surface area contributed by atoms with Crippen molar-refractivity contribution < 1.29 is 9.84 Å². The monoisotopic (exact) mass is 165 g/mol. The van der Waals surface area contributed by atoms with Gasteiger partial charge in [0, 0.05) is 18.0 Å². The topological polar surface area (TPSA) is 55.5 Å². The maximum absolute atomic E-state index is 9.19. The van der Waals surface area contributed by atoms with Crippen molar-refractivity contribution in [2.24, 2.45) is 5.73 Å². The van der Waals surface area contributed by atoms with E-state index in [0.29, 0.717) is 6.61 Å². The van der Waals surface area contributed by atoms with Gasteiger partial charge in [0.2, 0.25) is 0 Å². The van der Waals surface area contributed by atoms with Crippen LogP contribution >= 0.6 is 0 Å². The zero-order valence-corrected chi connectivity index (χ0v) is 6.66. The Morgan fingerprint density at radius 1 is 1.50 bits per heavy atom. The summed E-state index contributed by atoms with van der Waals surface area (Å²) < 4.78 is 5.36. The maximum atomic E-state index is 9.19. The number of benzene rings is 1. The first-order chi connectivity index (χ1) is 5.77. The SMILES string of the molecule is N[C@H]1CCOc2ccc(O)cc21. The van der Waals surface area contributed by atoms with Gasteiger partial charge in [-0.2, -0.15) is 0 Å². The van der Waals surface area contributed by atoms with Crippen LogP contribution in [0.25, 0.3) is 0 Å². The number of rotatable bonds is 0. The molecule has 0 saturated carbocycles. The molecule has 1 aromatic carbocycles. The Morgan fingerprint density at radius 2 is 2.33 bits per heavy atom. The number of nitrogens with two attached hydrogens (primary N) is 1. The fourth-order valence-electron chi connectivity index (χ4n) is 1.41. The summed E-state index contributed by atoms with van der Waals surface area (Å²) in [5, 5.41) is 9.19. The average molecular weight is 165 g/mol. The largest absolute Gasteiger partial charge is 0.508 e. The van der Waals surface area contributed by atoms with Crippen molar-refractivity contribution >= 4 is 0 Å². The Kier molecular flexibility index (Phi) is 1.66. The highest BCUT2D eigenvalue weighted by atomic mass is 16.5. The van der Waals surface area contributed by atoms with Gasteiger partial charge in [0.15, 0.2) is 0 Å². The molecule has 12 heavy (non-hydrogen) atoms. The second-order valence-electron chi connectivity index (χ2n) is 2.97. The summed E-state index contributed by atoms with van der Waals surface area (Å²) >= 11 is 0. The minimum absolute atomic E-state index is 0.000787. The molecule has 3 nitrogen and oxygen atoms in total. The molecular weight excluding hydrogens is 154 g/mol. The van der Waals surface area contributed by atoms with Gasteiger partial charge in [-0.1, -0.05) is 0 Å². The molecule has 64 valence electrons. The van der Waals surface area contributed by atoms with E-state index in [1.165, 1.54) is 0 Å². The maximum Gasteiger partial charge on any atom is 0.124 e. The summed E-state index contributed by atoms with van der Waals surface area (Å²) in [4.78, 5) is 0. The number of ether oxygens (including phenoxy) is 1. The van der Waals surface area contributed by atoms with Gasteiger partial charge in [-0.05, 0) is 18.2 Å². The second kappa shape index (κ2) is 2.68. The van der Waals surface area contributed by atoms with E-state index in [1.807, 2.05) is 0 Å². The van der Waals surface area contributed by atoms with Crippen molar-refractivity contribution in [2.75, 3.05) is 6.61 Å². The van der Waals surface area contributed by atoms with Crippen molar-refractivity contribution in [3.63, 3.8) is 0 Å². The van der Waals surface area contributed by atoms with Gasteiger partial charge in [0.1, 0.15) is 11.5 Å². The minimum Gasteiger partial charge on any atom is -0.508 e. The van der Waals surface area contributed by atoms with Gasteiger partial charge in [-0.3, -0.25) is 0 Å². The summed E-state index contributed by atoms with van der Waals surface area (Å²) in [5.74, 6) is 1.04. The Hall–Kier alpha value is -1.22. The van der Waals surface area contributed by atoms with Crippen LogP contribution in [0.4, 0.5) is 0 Å². The average Bonchev–Trinajstić information content (AvgIpc) is 2.07. The summed E-state index contributed by atoms with van der Waals surface area (Å²) in [7, 11) is 0. The summed E-state index contributed by atoms with van der Waals surface area (Å²) in [6.45, 7) is 0.666. The highest BCUT2D eigenvalue weighted by molar-refractivity contribution is 5.42. The van der Waals surface area contributed by atoms with Crippen LogP contribution in [-0.2, 0) is 0 Å². The Morgan fingerprint density at radius 3 is 3.17 bits per heavy atom. The number of hydrogen-bond acceptors (Lipinski definition) is 3. The normalized spacial score (nSPS) is 21.2. The van der Waals surface area contributed by atoms with E-state index in [9.17, 15) is 5.11 Å². The molecule has 0 fully saturated rings. The fourth-order valence-corrected chi connectivity index (χ4v) is 1.41. The zero-order valence-electron chi connectivity index (χ0n) is 6.66. The first kappa shape index (κ1) is 7.43. The van der Waals surface area contributed by atoms with E-state index < -0.39 is 0 Å². The number of phenolic OH excluding ortho intramolecular Hbond substituents is 1. The second-order valence-corrected chi connectivity index (χ2v) is 2.97. The molecule has 1 aliphatic rings. The smallest absolute Gasteiger partial charge is 0.124 e. The molecule has 1 atom stereocenters. The van der Waals surface area contributed by atoms with Crippen LogP contribution in [0.1, 0.15) is 18.0 Å². The zero-order chi connectivity index (χ0) is 8.55. The highest BCUT2D eigenvalue weighted by Crippen LogP contribution is 2.32. The lowest BCUT2D eigenvalue weighted by Gasteiger charge is -2.22. The van der Waals surface area contributed by atoms with Crippen LogP contribution in [0.5, 0.6) is 11.5 Å². The number of aromatic hydroxyl groups is 1. The third-order valence-corrected chi connectivity index (χ3v) is 2.08. The van der Waals surface area contributed by atoms with Gasteiger partial charge in [0.05, 0.1) is 6.61 Å². The number of fused-ring (bicyclic) bond motifs is 1. The molecule has 3 heteroatoms.